The van der Waals surface area contributed by atoms with Crippen molar-refractivity contribution in [2.45, 2.75) is 13.0 Å². The van der Waals surface area contributed by atoms with Crippen molar-refractivity contribution in [1.29, 1.82) is 5.26 Å². The van der Waals surface area contributed by atoms with Gasteiger partial charge in [0.15, 0.2) is 13.2 Å². The first-order valence-electron chi connectivity index (χ1n) is 7.92. The highest BCUT2D eigenvalue weighted by molar-refractivity contribution is 6.35. The highest BCUT2D eigenvalue weighted by Crippen LogP contribution is 2.26. The predicted octanol–water partition coefficient (Wildman–Crippen LogP) is 3.66. The summed E-state index contributed by atoms with van der Waals surface area (Å²) in [5.41, 5.74) is 0.994. The van der Waals surface area contributed by atoms with E-state index in [2.05, 4.69) is 5.32 Å². The number of hydrogen-bond acceptors (Lipinski definition) is 5. The third-order valence-electron chi connectivity index (χ3n) is 3.52. The Morgan fingerprint density at radius 3 is 2.63 bits per heavy atom. The van der Waals surface area contributed by atoms with Crippen LogP contribution in [0.1, 0.15) is 24.1 Å². The number of benzene rings is 2. The second-order valence-corrected chi connectivity index (χ2v) is 6.36. The molecule has 2 aromatic carbocycles. The van der Waals surface area contributed by atoms with E-state index in [0.29, 0.717) is 21.2 Å². The molecule has 2 aromatic rings. The molecule has 1 N–H and O–H groups in total. The van der Waals surface area contributed by atoms with Crippen LogP contribution >= 0.6 is 23.2 Å². The number of nitriles is 1. The number of ether oxygens (including phenoxy) is 2. The molecule has 0 radical (unpaired) electrons. The Morgan fingerprint density at radius 2 is 1.93 bits per heavy atom. The van der Waals surface area contributed by atoms with Gasteiger partial charge < -0.3 is 14.8 Å². The first-order valence-corrected chi connectivity index (χ1v) is 8.68. The molecule has 0 bridgehead atoms. The number of rotatable bonds is 7. The molecule has 0 saturated carbocycles. The minimum Gasteiger partial charge on any atom is -0.481 e. The van der Waals surface area contributed by atoms with E-state index in [0.717, 1.165) is 0 Å². The van der Waals surface area contributed by atoms with E-state index >= 15 is 0 Å². The second-order valence-electron chi connectivity index (χ2n) is 5.51. The Labute approximate surface area is 166 Å². The fourth-order valence-corrected chi connectivity index (χ4v) is 2.79. The third-order valence-corrected chi connectivity index (χ3v) is 4.09. The molecule has 0 aromatic heterocycles. The number of para-hydroxylation sites is 1. The Morgan fingerprint density at radius 1 is 1.19 bits per heavy atom. The van der Waals surface area contributed by atoms with Gasteiger partial charge in [-0.3, -0.25) is 4.79 Å². The van der Waals surface area contributed by atoms with Crippen molar-refractivity contribution in [2.75, 3.05) is 13.2 Å². The third kappa shape index (κ3) is 6.17. The molecule has 0 aliphatic carbocycles. The van der Waals surface area contributed by atoms with Crippen LogP contribution in [-0.2, 0) is 14.3 Å². The molecule has 6 nitrogen and oxygen atoms in total. The van der Waals surface area contributed by atoms with Gasteiger partial charge in [-0.2, -0.15) is 5.26 Å². The maximum absolute atomic E-state index is 11.9. The number of carbonyl (C=O) groups is 2. The van der Waals surface area contributed by atoms with E-state index < -0.39 is 25.1 Å². The van der Waals surface area contributed by atoms with Gasteiger partial charge in [0, 0.05) is 10.0 Å². The summed E-state index contributed by atoms with van der Waals surface area (Å²) in [7, 11) is 0. The minimum absolute atomic E-state index is 0.271. The molecular weight excluding hydrogens is 391 g/mol. The summed E-state index contributed by atoms with van der Waals surface area (Å²) >= 11 is 11.9. The van der Waals surface area contributed by atoms with Crippen LogP contribution in [0.4, 0.5) is 0 Å². The van der Waals surface area contributed by atoms with Crippen LogP contribution in [0.3, 0.4) is 0 Å². The minimum atomic E-state index is -0.727. The van der Waals surface area contributed by atoms with Gasteiger partial charge in [0.25, 0.3) is 5.91 Å². The molecular formula is C19H16Cl2N2O4. The smallest absolute Gasteiger partial charge is 0.344 e. The number of carbonyl (C=O) groups excluding carboxylic acids is 2. The number of esters is 1. The molecule has 0 heterocycles. The fraction of sp³-hybridized carbons (Fsp3) is 0.211. The van der Waals surface area contributed by atoms with E-state index in [4.69, 9.17) is 37.9 Å². The van der Waals surface area contributed by atoms with Gasteiger partial charge in [-0.15, -0.1) is 0 Å². The predicted molar refractivity (Wildman–Crippen MR) is 101 cm³/mol. The number of hydrogen-bond donors (Lipinski definition) is 1. The Hall–Kier alpha value is -2.75. The molecule has 0 fully saturated rings. The van der Waals surface area contributed by atoms with Crippen LogP contribution < -0.4 is 10.1 Å². The van der Waals surface area contributed by atoms with E-state index in [-0.39, 0.29) is 11.8 Å². The lowest BCUT2D eigenvalue weighted by Gasteiger charge is -2.16. The van der Waals surface area contributed by atoms with Crippen molar-refractivity contribution in [1.82, 2.24) is 5.32 Å². The topological polar surface area (TPSA) is 88.4 Å². The largest absolute Gasteiger partial charge is 0.481 e. The molecule has 0 saturated heterocycles. The molecule has 8 heteroatoms. The van der Waals surface area contributed by atoms with Gasteiger partial charge in [-0.05, 0) is 36.8 Å². The number of halogens is 2. The van der Waals surface area contributed by atoms with E-state index in [9.17, 15) is 9.59 Å². The molecule has 140 valence electrons. The van der Waals surface area contributed by atoms with Gasteiger partial charge in [-0.1, -0.05) is 41.4 Å². The van der Waals surface area contributed by atoms with Crippen molar-refractivity contribution < 1.29 is 19.1 Å². The Kier molecular flexibility index (Phi) is 7.47. The highest BCUT2D eigenvalue weighted by Gasteiger charge is 2.15. The SMILES string of the molecule is C[C@@H](NC(=O)COC(=O)COc1ccccc1C#N)c1ccc(Cl)cc1Cl. The first kappa shape index (κ1) is 20.6. The summed E-state index contributed by atoms with van der Waals surface area (Å²) in [4.78, 5) is 23.7. The zero-order chi connectivity index (χ0) is 19.8. The van der Waals surface area contributed by atoms with Crippen molar-refractivity contribution in [3.8, 4) is 11.8 Å². The van der Waals surface area contributed by atoms with E-state index in [1.165, 1.54) is 0 Å². The maximum Gasteiger partial charge on any atom is 0.344 e. The van der Waals surface area contributed by atoms with Crippen molar-refractivity contribution in [3.63, 3.8) is 0 Å². The average Bonchev–Trinajstić information content (AvgIpc) is 2.64. The molecule has 0 unspecified atom stereocenters. The van der Waals surface area contributed by atoms with Gasteiger partial charge in [0.1, 0.15) is 11.8 Å². The molecule has 0 aliphatic heterocycles. The summed E-state index contributed by atoms with van der Waals surface area (Å²) in [5, 5.41) is 12.6. The van der Waals surface area contributed by atoms with E-state index in [1.807, 2.05) is 6.07 Å². The Balaban J connectivity index is 1.79. The zero-order valence-corrected chi connectivity index (χ0v) is 15.9. The normalized spacial score (nSPS) is 11.2. The summed E-state index contributed by atoms with van der Waals surface area (Å²) < 4.78 is 10.1. The van der Waals surface area contributed by atoms with Gasteiger partial charge >= 0.3 is 5.97 Å². The standard InChI is InChI=1S/C19H16Cl2N2O4/c1-12(15-7-6-14(20)8-16(15)21)23-18(24)10-27-19(25)11-26-17-5-3-2-4-13(17)9-22/h2-8,12H,10-11H2,1H3,(H,23,24)/t12-/m1/s1. The molecule has 0 spiro atoms. The molecule has 0 aliphatic rings. The van der Waals surface area contributed by atoms with Crippen LogP contribution in [0.2, 0.25) is 10.0 Å². The van der Waals surface area contributed by atoms with Crippen LogP contribution in [0, 0.1) is 11.3 Å². The maximum atomic E-state index is 11.9. The van der Waals surface area contributed by atoms with Gasteiger partial charge in [0.2, 0.25) is 0 Å². The summed E-state index contributed by atoms with van der Waals surface area (Å²) in [6.07, 6.45) is 0. The molecule has 1 atom stereocenters. The Bertz CT molecular complexity index is 880. The van der Waals surface area contributed by atoms with Crippen LogP contribution in [-0.4, -0.2) is 25.1 Å². The van der Waals surface area contributed by atoms with Crippen molar-refractivity contribution >= 4 is 35.1 Å². The van der Waals surface area contributed by atoms with Crippen LogP contribution in [0.25, 0.3) is 0 Å². The fourth-order valence-electron chi connectivity index (χ4n) is 2.22. The van der Waals surface area contributed by atoms with Crippen molar-refractivity contribution in [3.05, 3.63) is 63.6 Å². The average molecular weight is 407 g/mol. The summed E-state index contributed by atoms with van der Waals surface area (Å²) in [5.74, 6) is -0.943. The summed E-state index contributed by atoms with van der Waals surface area (Å²) in [6.45, 7) is 0.874. The van der Waals surface area contributed by atoms with Gasteiger partial charge in [-0.25, -0.2) is 4.79 Å². The van der Waals surface area contributed by atoms with Crippen LogP contribution in [0.5, 0.6) is 5.75 Å². The second kappa shape index (κ2) is 9.81. The lowest BCUT2D eigenvalue weighted by Crippen LogP contribution is -2.32. The van der Waals surface area contributed by atoms with Gasteiger partial charge in [0.05, 0.1) is 11.6 Å². The van der Waals surface area contributed by atoms with E-state index in [1.54, 1.807) is 49.4 Å². The molecule has 2 rings (SSSR count). The lowest BCUT2D eigenvalue weighted by molar-refractivity contribution is -0.150. The molecule has 1 amide bonds. The quantitative estimate of drug-likeness (QED) is 0.708. The first-order chi connectivity index (χ1) is 12.9. The number of nitrogens with zero attached hydrogens (tertiary/aromatic N) is 1. The van der Waals surface area contributed by atoms with Crippen molar-refractivity contribution in [2.24, 2.45) is 0 Å². The van der Waals surface area contributed by atoms with Crippen LogP contribution in [0.15, 0.2) is 42.5 Å². The number of nitrogens with one attached hydrogen (secondary N) is 1. The summed E-state index contributed by atoms with van der Waals surface area (Å²) in [6, 6.07) is 13.0. The lowest BCUT2D eigenvalue weighted by atomic mass is 10.1. The monoisotopic (exact) mass is 406 g/mol. The highest BCUT2D eigenvalue weighted by atomic mass is 35.5. The number of amides is 1. The zero-order valence-electron chi connectivity index (χ0n) is 14.4. The molecule has 27 heavy (non-hydrogen) atoms.